The second-order valence-electron chi connectivity index (χ2n) is 5.56. The third-order valence-corrected chi connectivity index (χ3v) is 4.36. The minimum Gasteiger partial charge on any atom is -0.302 e. The molecule has 3 aromatic rings. The fourth-order valence-electron chi connectivity index (χ4n) is 2.88. The number of fused-ring (bicyclic) bond motifs is 1. The molecule has 0 bridgehead atoms. The third kappa shape index (κ3) is 2.46. The Kier molecular flexibility index (Phi) is 3.32. The molecule has 1 N–H and O–H groups in total. The van der Waals surface area contributed by atoms with Crippen LogP contribution in [0.5, 0.6) is 0 Å². The van der Waals surface area contributed by atoms with Gasteiger partial charge in [0.15, 0.2) is 0 Å². The molecular formula is C19H15ClN2. The maximum Gasteiger partial charge on any atom is 0.0746 e. The first-order valence-corrected chi connectivity index (χ1v) is 7.74. The number of benzene rings is 3. The van der Waals surface area contributed by atoms with Crippen LogP contribution in [0.3, 0.4) is 0 Å². The summed E-state index contributed by atoms with van der Waals surface area (Å²) in [6.45, 7) is 0. The van der Waals surface area contributed by atoms with Gasteiger partial charge in [-0.1, -0.05) is 60.1 Å². The van der Waals surface area contributed by atoms with Gasteiger partial charge in [-0.2, -0.15) is 5.10 Å². The summed E-state index contributed by atoms with van der Waals surface area (Å²) in [6, 6.07) is 23.1. The van der Waals surface area contributed by atoms with Crippen LogP contribution in [0, 0.1) is 0 Å². The van der Waals surface area contributed by atoms with E-state index in [2.05, 4.69) is 53.0 Å². The number of hydrogen-bond acceptors (Lipinski definition) is 2. The minimum atomic E-state index is 0.232. The molecule has 2 nitrogen and oxygen atoms in total. The Morgan fingerprint density at radius 3 is 2.50 bits per heavy atom. The van der Waals surface area contributed by atoms with Crippen molar-refractivity contribution in [3.05, 3.63) is 82.9 Å². The normalized spacial score (nSPS) is 17.3. The zero-order valence-corrected chi connectivity index (χ0v) is 12.7. The number of hydrogen-bond donors (Lipinski definition) is 1. The lowest BCUT2D eigenvalue weighted by atomic mass is 9.97. The molecular weight excluding hydrogens is 292 g/mol. The quantitative estimate of drug-likeness (QED) is 0.713. The third-order valence-electron chi connectivity index (χ3n) is 4.11. The molecule has 0 fully saturated rings. The average molecular weight is 307 g/mol. The number of hydrazone groups is 1. The molecule has 1 aliphatic heterocycles. The van der Waals surface area contributed by atoms with Gasteiger partial charge in [-0.15, -0.1) is 0 Å². The van der Waals surface area contributed by atoms with Crippen molar-refractivity contribution in [2.45, 2.75) is 12.5 Å². The molecule has 0 spiro atoms. The Bertz CT molecular complexity index is 853. The fraction of sp³-hybridized carbons (Fsp3) is 0.105. The van der Waals surface area contributed by atoms with E-state index in [-0.39, 0.29) is 6.04 Å². The van der Waals surface area contributed by atoms with Crippen LogP contribution < -0.4 is 5.43 Å². The maximum absolute atomic E-state index is 5.94. The van der Waals surface area contributed by atoms with Gasteiger partial charge in [0.25, 0.3) is 0 Å². The monoisotopic (exact) mass is 306 g/mol. The van der Waals surface area contributed by atoms with Crippen molar-refractivity contribution in [3.8, 4) is 0 Å². The highest BCUT2D eigenvalue weighted by Crippen LogP contribution is 2.27. The maximum atomic E-state index is 5.94. The largest absolute Gasteiger partial charge is 0.302 e. The molecule has 1 heterocycles. The lowest BCUT2D eigenvalue weighted by Crippen LogP contribution is -2.09. The molecule has 0 aliphatic carbocycles. The Morgan fingerprint density at radius 2 is 1.68 bits per heavy atom. The van der Waals surface area contributed by atoms with Gasteiger partial charge in [0, 0.05) is 11.4 Å². The molecule has 0 radical (unpaired) electrons. The first-order valence-electron chi connectivity index (χ1n) is 7.36. The Hall–Kier alpha value is -2.32. The van der Waals surface area contributed by atoms with E-state index < -0.39 is 0 Å². The summed E-state index contributed by atoms with van der Waals surface area (Å²) in [7, 11) is 0. The molecule has 0 saturated carbocycles. The van der Waals surface area contributed by atoms with Crippen LogP contribution in [0.15, 0.2) is 71.8 Å². The molecule has 3 aromatic carbocycles. The van der Waals surface area contributed by atoms with E-state index in [0.717, 1.165) is 22.7 Å². The summed E-state index contributed by atoms with van der Waals surface area (Å²) < 4.78 is 0. The van der Waals surface area contributed by atoms with Crippen molar-refractivity contribution in [1.29, 1.82) is 0 Å². The highest BCUT2D eigenvalue weighted by Gasteiger charge is 2.21. The van der Waals surface area contributed by atoms with Gasteiger partial charge in [-0.3, -0.25) is 0 Å². The highest BCUT2D eigenvalue weighted by atomic mass is 35.5. The van der Waals surface area contributed by atoms with Crippen LogP contribution in [-0.2, 0) is 0 Å². The molecule has 1 atom stereocenters. The second kappa shape index (κ2) is 5.47. The Balaban J connectivity index is 1.58. The zero-order valence-electron chi connectivity index (χ0n) is 12.0. The minimum absolute atomic E-state index is 0.232. The SMILES string of the molecule is Clc1ccc(C2=NNC(c3ccc4ccccc4c3)C2)cc1. The molecule has 0 aromatic heterocycles. The standard InChI is InChI=1S/C19H15ClN2/c20-17-9-7-14(8-10-17)18-12-19(22-21-18)16-6-5-13-3-1-2-4-15(13)11-16/h1-11,19,22H,12H2. The lowest BCUT2D eigenvalue weighted by molar-refractivity contribution is 0.621. The van der Waals surface area contributed by atoms with E-state index in [1.807, 2.05) is 24.3 Å². The summed E-state index contributed by atoms with van der Waals surface area (Å²) in [6.07, 6.45) is 0.889. The molecule has 4 rings (SSSR count). The van der Waals surface area contributed by atoms with E-state index in [1.54, 1.807) is 0 Å². The smallest absolute Gasteiger partial charge is 0.0746 e. The summed E-state index contributed by atoms with van der Waals surface area (Å²) in [5.41, 5.74) is 6.73. The summed E-state index contributed by atoms with van der Waals surface area (Å²) in [5, 5.41) is 7.78. The van der Waals surface area contributed by atoms with Gasteiger partial charge in [-0.05, 0) is 40.1 Å². The van der Waals surface area contributed by atoms with Crippen LogP contribution in [0.25, 0.3) is 10.8 Å². The summed E-state index contributed by atoms with van der Waals surface area (Å²) >= 11 is 5.94. The highest BCUT2D eigenvalue weighted by molar-refractivity contribution is 6.30. The van der Waals surface area contributed by atoms with Crippen molar-refractivity contribution in [3.63, 3.8) is 0 Å². The van der Waals surface area contributed by atoms with Crippen LogP contribution >= 0.6 is 11.6 Å². The van der Waals surface area contributed by atoms with Crippen molar-refractivity contribution >= 4 is 28.1 Å². The fourth-order valence-corrected chi connectivity index (χ4v) is 3.01. The van der Waals surface area contributed by atoms with E-state index >= 15 is 0 Å². The van der Waals surface area contributed by atoms with Crippen molar-refractivity contribution in [1.82, 2.24) is 5.43 Å². The van der Waals surface area contributed by atoms with Crippen LogP contribution in [0.2, 0.25) is 5.02 Å². The average Bonchev–Trinajstić information content (AvgIpc) is 3.05. The molecule has 3 heteroatoms. The predicted molar refractivity (Wildman–Crippen MR) is 92.4 cm³/mol. The van der Waals surface area contributed by atoms with Crippen molar-refractivity contribution in [2.24, 2.45) is 5.10 Å². The zero-order chi connectivity index (χ0) is 14.9. The van der Waals surface area contributed by atoms with E-state index in [1.165, 1.54) is 16.3 Å². The van der Waals surface area contributed by atoms with Crippen molar-refractivity contribution in [2.75, 3.05) is 0 Å². The molecule has 0 amide bonds. The van der Waals surface area contributed by atoms with Crippen molar-refractivity contribution < 1.29 is 0 Å². The van der Waals surface area contributed by atoms with Gasteiger partial charge >= 0.3 is 0 Å². The van der Waals surface area contributed by atoms with E-state index in [9.17, 15) is 0 Å². The van der Waals surface area contributed by atoms with Gasteiger partial charge in [0.1, 0.15) is 0 Å². The first kappa shape index (κ1) is 13.4. The van der Waals surface area contributed by atoms with E-state index in [4.69, 9.17) is 11.6 Å². The topological polar surface area (TPSA) is 24.4 Å². The number of rotatable bonds is 2. The predicted octanol–water partition coefficient (Wildman–Crippen LogP) is 4.93. The summed E-state index contributed by atoms with van der Waals surface area (Å²) in [5.74, 6) is 0. The Labute approximate surface area is 134 Å². The van der Waals surface area contributed by atoms with Gasteiger partial charge < -0.3 is 5.43 Å². The molecule has 108 valence electrons. The number of halogens is 1. The molecule has 1 unspecified atom stereocenters. The van der Waals surface area contributed by atoms with Crippen LogP contribution in [0.1, 0.15) is 23.6 Å². The van der Waals surface area contributed by atoms with E-state index in [0.29, 0.717) is 0 Å². The molecule has 0 saturated heterocycles. The number of nitrogens with zero attached hydrogens (tertiary/aromatic N) is 1. The van der Waals surface area contributed by atoms with Gasteiger partial charge in [0.2, 0.25) is 0 Å². The van der Waals surface area contributed by atoms with Gasteiger partial charge in [0.05, 0.1) is 11.8 Å². The molecule has 22 heavy (non-hydrogen) atoms. The first-order chi connectivity index (χ1) is 10.8. The lowest BCUT2D eigenvalue weighted by Gasteiger charge is -2.11. The molecule has 1 aliphatic rings. The van der Waals surface area contributed by atoms with Crippen LogP contribution in [0.4, 0.5) is 0 Å². The van der Waals surface area contributed by atoms with Gasteiger partial charge in [-0.25, -0.2) is 0 Å². The Morgan fingerprint density at radius 1 is 0.909 bits per heavy atom. The summed E-state index contributed by atoms with van der Waals surface area (Å²) in [4.78, 5) is 0. The van der Waals surface area contributed by atoms with Crippen LogP contribution in [-0.4, -0.2) is 5.71 Å². The second-order valence-corrected chi connectivity index (χ2v) is 5.99. The number of nitrogens with one attached hydrogen (secondary N) is 1.